The van der Waals surface area contributed by atoms with Gasteiger partial charge in [-0.15, -0.1) is 23.2 Å². The molecule has 4 amide bonds. The molecule has 2 aliphatic carbocycles. The molecule has 15 heteroatoms. The van der Waals surface area contributed by atoms with Gasteiger partial charge in [-0.2, -0.15) is 0 Å². The molecule has 2 heterocycles. The van der Waals surface area contributed by atoms with Crippen LogP contribution in [0.5, 0.6) is 11.5 Å². The Morgan fingerprint density at radius 2 is 1.60 bits per heavy atom. The van der Waals surface area contributed by atoms with Crippen molar-refractivity contribution in [2.24, 2.45) is 23.7 Å². The second kappa shape index (κ2) is 11.3. The van der Waals surface area contributed by atoms with Crippen molar-refractivity contribution in [1.29, 1.82) is 0 Å². The number of methoxy groups -OCH3 is 1. The Hall–Kier alpha value is -3.97. The Labute approximate surface area is 274 Å². The number of hydrogen-bond acceptors (Lipinski definition) is 6. The van der Waals surface area contributed by atoms with Gasteiger partial charge in [-0.3, -0.25) is 24.1 Å². The van der Waals surface area contributed by atoms with E-state index in [0.29, 0.717) is 17.6 Å². The Balaban J connectivity index is 1.55. The predicted octanol–water partition coefficient (Wildman–Crippen LogP) is 5.62. The fourth-order valence-electron chi connectivity index (χ4n) is 7.33. The molecule has 0 radical (unpaired) electrons. The molecular formula is C32H25Cl2F5N2O6. The number of benzene rings is 2. The second-order valence-corrected chi connectivity index (χ2v) is 13.1. The summed E-state index contributed by atoms with van der Waals surface area (Å²) < 4.78 is 77.9. The van der Waals surface area contributed by atoms with Crippen molar-refractivity contribution in [2.75, 3.05) is 18.6 Å². The van der Waals surface area contributed by atoms with E-state index in [0.717, 1.165) is 4.90 Å². The fraction of sp³-hybridized carbons (Fsp3) is 0.375. The average molecular weight is 699 g/mol. The molecule has 0 bridgehead atoms. The lowest BCUT2D eigenvalue weighted by Gasteiger charge is -2.49. The molecule has 6 unspecified atom stereocenters. The van der Waals surface area contributed by atoms with E-state index in [2.05, 4.69) is 0 Å². The highest BCUT2D eigenvalue weighted by molar-refractivity contribution is 6.58. The van der Waals surface area contributed by atoms with Crippen LogP contribution in [-0.2, 0) is 19.2 Å². The van der Waals surface area contributed by atoms with Gasteiger partial charge in [0.15, 0.2) is 44.5 Å². The zero-order valence-corrected chi connectivity index (χ0v) is 26.1. The summed E-state index contributed by atoms with van der Waals surface area (Å²) in [7, 11) is 1.31. The van der Waals surface area contributed by atoms with Crippen LogP contribution < -0.4 is 9.64 Å². The van der Waals surface area contributed by atoms with E-state index in [1.54, 1.807) is 13.0 Å². The largest absolute Gasteiger partial charge is 0.504 e. The Morgan fingerprint density at radius 3 is 2.21 bits per heavy atom. The number of likely N-dealkylation sites (tertiary alicyclic amines) is 1. The van der Waals surface area contributed by atoms with E-state index in [4.69, 9.17) is 27.9 Å². The minimum absolute atomic E-state index is 0.0599. The first-order valence-corrected chi connectivity index (χ1v) is 15.3. The van der Waals surface area contributed by atoms with Crippen LogP contribution in [0.1, 0.15) is 31.7 Å². The van der Waals surface area contributed by atoms with E-state index in [1.165, 1.54) is 37.5 Å². The molecule has 47 heavy (non-hydrogen) atoms. The summed E-state index contributed by atoms with van der Waals surface area (Å²) in [4.78, 5) is 50.9. The third-order valence-corrected chi connectivity index (χ3v) is 10.9. The molecule has 2 aromatic carbocycles. The number of halogens is 7. The number of amides is 4. The lowest BCUT2D eigenvalue weighted by molar-refractivity contribution is -0.140. The number of imide groups is 2. The third-order valence-electron chi connectivity index (χ3n) is 9.50. The topological polar surface area (TPSA) is 104 Å². The van der Waals surface area contributed by atoms with Gasteiger partial charge < -0.3 is 9.84 Å². The van der Waals surface area contributed by atoms with Crippen molar-refractivity contribution in [3.63, 3.8) is 0 Å². The van der Waals surface area contributed by atoms with Crippen LogP contribution in [0.4, 0.5) is 27.6 Å². The van der Waals surface area contributed by atoms with Crippen LogP contribution >= 0.6 is 23.2 Å². The molecule has 1 saturated carbocycles. The first-order valence-electron chi connectivity index (χ1n) is 14.5. The van der Waals surface area contributed by atoms with E-state index >= 15 is 8.78 Å². The van der Waals surface area contributed by atoms with Gasteiger partial charge in [0.25, 0.3) is 11.8 Å². The summed E-state index contributed by atoms with van der Waals surface area (Å²) in [6.07, 6.45) is 4.37. The average Bonchev–Trinajstić information content (AvgIpc) is 3.37. The molecule has 1 N–H and O–H groups in total. The number of phenols is 1. The van der Waals surface area contributed by atoms with Crippen molar-refractivity contribution < 1.29 is 51.0 Å². The monoisotopic (exact) mass is 698 g/mol. The lowest BCUT2D eigenvalue weighted by atomic mass is 9.57. The predicted molar refractivity (Wildman–Crippen MR) is 158 cm³/mol. The van der Waals surface area contributed by atoms with Crippen LogP contribution in [0, 0.1) is 52.8 Å². The number of fused-ring (bicyclic) bond motifs is 4. The van der Waals surface area contributed by atoms with E-state index in [9.17, 15) is 37.5 Å². The highest BCUT2D eigenvalue weighted by Crippen LogP contribution is 2.63. The number of phenolic OH excluding ortho intramolecular Hbond substituents is 1. The van der Waals surface area contributed by atoms with Crippen molar-refractivity contribution in [1.82, 2.24) is 4.90 Å². The number of allylic oxidation sites excluding steroid dienone is 3. The van der Waals surface area contributed by atoms with Gasteiger partial charge in [0, 0.05) is 12.5 Å². The number of carbonyl (C=O) groups is 4. The molecule has 6 rings (SSSR count). The molecule has 2 aliphatic heterocycles. The molecular weight excluding hydrogens is 674 g/mol. The summed E-state index contributed by atoms with van der Waals surface area (Å²) in [6.45, 7) is 1.91. The van der Waals surface area contributed by atoms with Gasteiger partial charge in [-0.05, 0) is 42.9 Å². The first-order chi connectivity index (χ1) is 22.1. The summed E-state index contributed by atoms with van der Waals surface area (Å²) in [6, 6.07) is 4.21. The second-order valence-electron chi connectivity index (χ2n) is 11.9. The highest BCUT2D eigenvalue weighted by atomic mass is 35.5. The molecule has 0 spiro atoms. The van der Waals surface area contributed by atoms with Gasteiger partial charge in [0.2, 0.25) is 17.6 Å². The number of anilines is 1. The summed E-state index contributed by atoms with van der Waals surface area (Å²) in [5, 5.41) is 10.0. The summed E-state index contributed by atoms with van der Waals surface area (Å²) in [5.41, 5.74) is -1.11. The summed E-state index contributed by atoms with van der Waals surface area (Å²) >= 11 is 14.1. The molecule has 248 valence electrons. The number of alkyl halides is 2. The van der Waals surface area contributed by atoms with Crippen LogP contribution in [0.15, 0.2) is 35.9 Å². The third kappa shape index (κ3) is 4.38. The lowest BCUT2D eigenvalue weighted by Crippen LogP contribution is -2.60. The van der Waals surface area contributed by atoms with Crippen LogP contribution in [-0.4, -0.2) is 57.0 Å². The van der Waals surface area contributed by atoms with Gasteiger partial charge >= 0.3 is 0 Å². The van der Waals surface area contributed by atoms with Crippen molar-refractivity contribution in [3.05, 3.63) is 70.6 Å². The summed E-state index contributed by atoms with van der Waals surface area (Å²) in [5.74, 6) is -20.6. The van der Waals surface area contributed by atoms with Gasteiger partial charge in [-0.25, -0.2) is 26.9 Å². The zero-order chi connectivity index (χ0) is 34.3. The Bertz CT molecular complexity index is 1810. The minimum Gasteiger partial charge on any atom is -0.504 e. The number of carbonyl (C=O) groups excluding carboxylic acids is 4. The van der Waals surface area contributed by atoms with Crippen molar-refractivity contribution in [3.8, 4) is 11.5 Å². The van der Waals surface area contributed by atoms with E-state index in [1.807, 2.05) is 0 Å². The zero-order valence-electron chi connectivity index (χ0n) is 24.6. The maximum Gasteiger partial charge on any atom is 0.258 e. The molecule has 3 fully saturated rings. The number of rotatable bonds is 6. The molecule has 2 aromatic rings. The highest BCUT2D eigenvalue weighted by Gasteiger charge is 2.76. The van der Waals surface area contributed by atoms with E-state index < -0.39 is 98.2 Å². The van der Waals surface area contributed by atoms with Gasteiger partial charge in [0.1, 0.15) is 5.69 Å². The quantitative estimate of drug-likeness (QED) is 0.105. The minimum atomic E-state index is -2.60. The van der Waals surface area contributed by atoms with E-state index in [-0.39, 0.29) is 29.4 Å². The molecule has 2 saturated heterocycles. The Kier molecular flexibility index (Phi) is 7.94. The SMILES string of the molecule is CCCN1C(=O)C2CC=C3C(CC4(Cl)C(=O)N(c5c(F)c(F)c(F)c(F)c5F)C(=O)C4(Cl)C3C=Cc3ccc(O)c(OC)c3)C2C1=O. The number of hydrogen-bond donors (Lipinski definition) is 1. The van der Waals surface area contributed by atoms with Crippen LogP contribution in [0.2, 0.25) is 0 Å². The van der Waals surface area contributed by atoms with Gasteiger partial charge in [-0.1, -0.05) is 36.8 Å². The molecule has 0 aromatic heterocycles. The fourth-order valence-corrected chi connectivity index (χ4v) is 8.22. The molecule has 4 aliphatic rings. The Morgan fingerprint density at radius 1 is 0.957 bits per heavy atom. The van der Waals surface area contributed by atoms with Crippen LogP contribution in [0.3, 0.4) is 0 Å². The van der Waals surface area contributed by atoms with Crippen LogP contribution in [0.25, 0.3) is 6.08 Å². The molecule has 6 atom stereocenters. The van der Waals surface area contributed by atoms with Crippen molar-refractivity contribution in [2.45, 2.75) is 35.9 Å². The smallest absolute Gasteiger partial charge is 0.258 e. The standard InChI is InChI=1S/C32H25Cl2F5N2O6/c1-3-10-40-27(43)15-7-6-14-16(20(15)28(40)44)12-31(33)29(45)41(26-24(38)22(36)21(35)23(37)25(26)39)30(46)32(31,34)17(14)8-4-13-5-9-18(42)19(11-13)47-2/h4-6,8-9,11,15-17,20,42H,3,7,10,12H2,1-2H3. The molecule has 8 nitrogen and oxygen atoms in total. The van der Waals surface area contributed by atoms with Crippen molar-refractivity contribution >= 4 is 58.6 Å². The normalized spacial score (nSPS) is 30.2. The van der Waals surface area contributed by atoms with Gasteiger partial charge in [0.05, 0.1) is 18.9 Å². The first kappa shape index (κ1) is 33.0. The number of aromatic hydroxyl groups is 1. The maximum atomic E-state index is 15.1. The number of nitrogens with zero attached hydrogens (tertiary/aromatic N) is 2. The number of ether oxygens (including phenoxy) is 1. The maximum absolute atomic E-state index is 15.1.